The SMILES string of the molecule is O=C(Cc1ccccc1F)Nc1ccc(CC2SC(=O)NC2=O)cc1. The predicted octanol–water partition coefficient (Wildman–Crippen LogP) is 2.90. The van der Waals surface area contributed by atoms with Gasteiger partial charge >= 0.3 is 0 Å². The summed E-state index contributed by atoms with van der Waals surface area (Å²) in [4.78, 5) is 34.7. The third-order valence-corrected chi connectivity index (χ3v) is 4.72. The molecule has 0 spiro atoms. The third-order valence-electron chi connectivity index (χ3n) is 3.73. The number of anilines is 1. The maximum Gasteiger partial charge on any atom is 0.286 e. The smallest absolute Gasteiger partial charge is 0.286 e. The van der Waals surface area contributed by atoms with Gasteiger partial charge in [-0.1, -0.05) is 42.1 Å². The van der Waals surface area contributed by atoms with Crippen LogP contribution in [-0.4, -0.2) is 22.3 Å². The van der Waals surface area contributed by atoms with Crippen molar-refractivity contribution in [2.24, 2.45) is 0 Å². The van der Waals surface area contributed by atoms with Gasteiger partial charge in [0.15, 0.2) is 0 Å². The molecule has 2 aromatic carbocycles. The Hall–Kier alpha value is -2.67. The lowest BCUT2D eigenvalue weighted by molar-refractivity contribution is -0.119. The molecule has 2 aromatic rings. The molecule has 0 aromatic heterocycles. The Bertz CT molecular complexity index is 823. The van der Waals surface area contributed by atoms with Crippen molar-refractivity contribution < 1.29 is 18.8 Å². The molecule has 0 saturated carbocycles. The second-order valence-corrected chi connectivity index (χ2v) is 6.78. The van der Waals surface area contributed by atoms with Crippen LogP contribution in [0.25, 0.3) is 0 Å². The van der Waals surface area contributed by atoms with Gasteiger partial charge in [-0.2, -0.15) is 0 Å². The van der Waals surface area contributed by atoms with Crippen LogP contribution in [0.1, 0.15) is 11.1 Å². The van der Waals surface area contributed by atoms with Gasteiger partial charge in [-0.05, 0) is 35.7 Å². The fourth-order valence-electron chi connectivity index (χ4n) is 2.49. The molecule has 3 amide bonds. The van der Waals surface area contributed by atoms with E-state index in [-0.39, 0.29) is 23.5 Å². The third kappa shape index (κ3) is 4.45. The maximum absolute atomic E-state index is 13.6. The molecule has 1 saturated heterocycles. The highest BCUT2D eigenvalue weighted by atomic mass is 32.2. The number of hydrogen-bond acceptors (Lipinski definition) is 4. The number of amides is 3. The Balaban J connectivity index is 1.57. The van der Waals surface area contributed by atoms with E-state index in [1.807, 2.05) is 0 Å². The molecule has 1 heterocycles. The zero-order chi connectivity index (χ0) is 17.8. The first-order valence-electron chi connectivity index (χ1n) is 7.65. The number of thioether (sulfide) groups is 1. The van der Waals surface area contributed by atoms with Crippen LogP contribution in [-0.2, 0) is 22.4 Å². The topological polar surface area (TPSA) is 75.3 Å². The quantitative estimate of drug-likeness (QED) is 0.862. The first kappa shape index (κ1) is 17.2. The molecule has 0 radical (unpaired) electrons. The summed E-state index contributed by atoms with van der Waals surface area (Å²) in [6.07, 6.45) is 0.390. The van der Waals surface area contributed by atoms with Gasteiger partial charge in [0.1, 0.15) is 5.82 Å². The second kappa shape index (κ2) is 7.48. The predicted molar refractivity (Wildman–Crippen MR) is 93.8 cm³/mol. The van der Waals surface area contributed by atoms with Gasteiger partial charge in [0.2, 0.25) is 11.8 Å². The van der Waals surface area contributed by atoms with Gasteiger partial charge in [-0.3, -0.25) is 19.7 Å². The average molecular weight is 358 g/mol. The van der Waals surface area contributed by atoms with Crippen LogP contribution < -0.4 is 10.6 Å². The van der Waals surface area contributed by atoms with E-state index in [0.29, 0.717) is 17.7 Å². The van der Waals surface area contributed by atoms with Gasteiger partial charge in [0, 0.05) is 5.69 Å². The number of benzene rings is 2. The van der Waals surface area contributed by atoms with Crippen LogP contribution in [0, 0.1) is 5.82 Å². The van der Waals surface area contributed by atoms with E-state index < -0.39 is 11.1 Å². The van der Waals surface area contributed by atoms with Gasteiger partial charge in [-0.25, -0.2) is 4.39 Å². The summed E-state index contributed by atoms with van der Waals surface area (Å²) in [7, 11) is 0. The van der Waals surface area contributed by atoms with Crippen molar-refractivity contribution in [1.82, 2.24) is 5.32 Å². The maximum atomic E-state index is 13.6. The fraction of sp³-hybridized carbons (Fsp3) is 0.167. The molecule has 1 atom stereocenters. The summed E-state index contributed by atoms with van der Waals surface area (Å²) in [5.41, 5.74) is 1.81. The van der Waals surface area contributed by atoms with Crippen molar-refractivity contribution in [3.05, 3.63) is 65.5 Å². The van der Waals surface area contributed by atoms with Crippen molar-refractivity contribution in [3.63, 3.8) is 0 Å². The van der Waals surface area contributed by atoms with Crippen LogP contribution in [0.2, 0.25) is 0 Å². The summed E-state index contributed by atoms with van der Waals surface area (Å²) >= 11 is 0.981. The van der Waals surface area contributed by atoms with E-state index >= 15 is 0 Å². The molecule has 1 aliphatic heterocycles. The Kier molecular flexibility index (Phi) is 5.14. The van der Waals surface area contributed by atoms with Crippen molar-refractivity contribution in [2.45, 2.75) is 18.1 Å². The number of halogens is 1. The van der Waals surface area contributed by atoms with Gasteiger partial charge < -0.3 is 5.32 Å². The minimum absolute atomic E-state index is 0.0462. The summed E-state index contributed by atoms with van der Waals surface area (Å²) in [6.45, 7) is 0. The monoisotopic (exact) mass is 358 g/mol. The van der Waals surface area contributed by atoms with Crippen molar-refractivity contribution in [3.8, 4) is 0 Å². The standard InChI is InChI=1S/C18H15FN2O3S/c19-14-4-2-1-3-12(14)10-16(22)20-13-7-5-11(6-8-13)9-15-17(23)21-18(24)25-15/h1-8,15H,9-10H2,(H,20,22)(H,21,23,24). The van der Waals surface area contributed by atoms with Gasteiger partial charge in [0.05, 0.1) is 11.7 Å². The van der Waals surface area contributed by atoms with Crippen molar-refractivity contribution in [1.29, 1.82) is 0 Å². The summed E-state index contributed by atoms with van der Waals surface area (Å²) < 4.78 is 13.6. The Morgan fingerprint density at radius 2 is 1.84 bits per heavy atom. The van der Waals surface area contributed by atoms with Crippen molar-refractivity contribution >= 4 is 34.5 Å². The molecule has 128 valence electrons. The minimum atomic E-state index is -0.422. The summed E-state index contributed by atoms with van der Waals surface area (Å²) in [5.74, 6) is -0.999. The largest absolute Gasteiger partial charge is 0.326 e. The molecule has 25 heavy (non-hydrogen) atoms. The van der Waals surface area contributed by atoms with E-state index in [1.54, 1.807) is 42.5 Å². The van der Waals surface area contributed by atoms with Crippen LogP contribution in [0.4, 0.5) is 14.9 Å². The molecule has 3 rings (SSSR count). The van der Waals surface area contributed by atoms with Gasteiger partial charge in [-0.15, -0.1) is 0 Å². The number of imide groups is 1. The van der Waals surface area contributed by atoms with E-state index in [1.165, 1.54) is 6.07 Å². The zero-order valence-corrected chi connectivity index (χ0v) is 13.9. The van der Waals surface area contributed by atoms with E-state index in [9.17, 15) is 18.8 Å². The fourth-order valence-corrected chi connectivity index (χ4v) is 3.35. The Labute approximate surface area is 148 Å². The highest BCUT2D eigenvalue weighted by Gasteiger charge is 2.31. The highest BCUT2D eigenvalue weighted by molar-refractivity contribution is 8.15. The van der Waals surface area contributed by atoms with E-state index in [0.717, 1.165) is 17.3 Å². The molecule has 1 aliphatic rings. The molecule has 5 nitrogen and oxygen atoms in total. The first-order valence-corrected chi connectivity index (χ1v) is 8.53. The molecule has 1 fully saturated rings. The first-order chi connectivity index (χ1) is 12.0. The lowest BCUT2D eigenvalue weighted by atomic mass is 10.1. The molecule has 1 unspecified atom stereocenters. The molecular formula is C18H15FN2O3S. The molecule has 0 aliphatic carbocycles. The van der Waals surface area contributed by atoms with Crippen LogP contribution in [0.3, 0.4) is 0 Å². The Morgan fingerprint density at radius 1 is 1.12 bits per heavy atom. The zero-order valence-electron chi connectivity index (χ0n) is 13.1. The minimum Gasteiger partial charge on any atom is -0.326 e. The van der Waals surface area contributed by atoms with Crippen LogP contribution in [0.15, 0.2) is 48.5 Å². The highest BCUT2D eigenvalue weighted by Crippen LogP contribution is 2.23. The number of carbonyl (C=O) groups is 3. The van der Waals surface area contributed by atoms with Crippen LogP contribution >= 0.6 is 11.8 Å². The van der Waals surface area contributed by atoms with Crippen LogP contribution in [0.5, 0.6) is 0 Å². The van der Waals surface area contributed by atoms with E-state index in [2.05, 4.69) is 10.6 Å². The summed E-state index contributed by atoms with van der Waals surface area (Å²) in [6, 6.07) is 13.2. The number of hydrogen-bond donors (Lipinski definition) is 2. The molecule has 2 N–H and O–H groups in total. The van der Waals surface area contributed by atoms with Gasteiger partial charge in [0.25, 0.3) is 5.24 Å². The number of carbonyl (C=O) groups excluding carboxylic acids is 3. The lowest BCUT2D eigenvalue weighted by Crippen LogP contribution is -2.25. The molecule has 0 bridgehead atoms. The number of nitrogens with one attached hydrogen (secondary N) is 2. The molecular weight excluding hydrogens is 343 g/mol. The lowest BCUT2D eigenvalue weighted by Gasteiger charge is -2.08. The summed E-state index contributed by atoms with van der Waals surface area (Å²) in [5, 5.41) is 4.21. The van der Waals surface area contributed by atoms with Crippen molar-refractivity contribution in [2.75, 3.05) is 5.32 Å². The molecule has 7 heteroatoms. The number of rotatable bonds is 5. The van der Waals surface area contributed by atoms with E-state index in [4.69, 9.17) is 0 Å². The normalized spacial score (nSPS) is 16.6. The Morgan fingerprint density at radius 3 is 2.48 bits per heavy atom. The second-order valence-electron chi connectivity index (χ2n) is 5.60. The average Bonchev–Trinajstić information content (AvgIpc) is 2.89.